The largest absolute Gasteiger partial charge is 0.466 e. The fourth-order valence-electron chi connectivity index (χ4n) is 13.9. The summed E-state index contributed by atoms with van der Waals surface area (Å²) in [7, 11) is 0. The number of hydrogen-bond acceptors (Lipinski definition) is 5. The first-order chi connectivity index (χ1) is 45.0. The minimum absolute atomic E-state index is 0.0254. The van der Waals surface area contributed by atoms with Gasteiger partial charge in [-0.3, -0.25) is 9.59 Å². The van der Waals surface area contributed by atoms with Crippen LogP contribution in [0.3, 0.4) is 0 Å². The Morgan fingerprint density at radius 3 is 0.780 bits per heavy atom. The molecule has 0 aliphatic rings. The van der Waals surface area contributed by atoms with Gasteiger partial charge in [0.25, 0.3) is 0 Å². The Bertz CT molecular complexity index is 1380. The Balaban J connectivity index is 3.32. The number of allylic oxidation sites excluding steroid dienone is 2. The van der Waals surface area contributed by atoms with Crippen LogP contribution in [0.1, 0.15) is 495 Å². The SMILES string of the molecule is CCCCCCCCCCCCCCCCCCCCCCCC(O)C(CO)NC(=O)CCCCCCCCCCCCCCCCCCC/C=C\CCCCCCCCCCCCCCCCOC(=O)CCCCCCCCCCCCCCCCCCCC. The highest BCUT2D eigenvalue weighted by Gasteiger charge is 2.20. The summed E-state index contributed by atoms with van der Waals surface area (Å²) in [6.07, 6.45) is 103. The van der Waals surface area contributed by atoms with E-state index in [1.807, 2.05) is 0 Å². The Kier molecular flexibility index (Phi) is 79.8. The van der Waals surface area contributed by atoms with Gasteiger partial charge >= 0.3 is 5.97 Å². The number of carbonyl (C=O) groups excluding carboxylic acids is 2. The normalized spacial score (nSPS) is 12.4. The van der Waals surface area contributed by atoms with Crippen LogP contribution in [0, 0.1) is 0 Å². The van der Waals surface area contributed by atoms with Gasteiger partial charge in [0, 0.05) is 12.8 Å². The summed E-state index contributed by atoms with van der Waals surface area (Å²) in [5.74, 6) is 0.000696. The quantitative estimate of drug-likeness (QED) is 0.0320. The van der Waals surface area contributed by atoms with Crippen molar-refractivity contribution in [2.45, 2.75) is 508 Å². The van der Waals surface area contributed by atoms with Gasteiger partial charge in [0.2, 0.25) is 5.91 Å². The molecule has 6 nitrogen and oxygen atoms in total. The first-order valence-corrected chi connectivity index (χ1v) is 42.4. The Morgan fingerprint density at radius 1 is 0.297 bits per heavy atom. The van der Waals surface area contributed by atoms with Crippen molar-refractivity contribution in [2.24, 2.45) is 0 Å². The van der Waals surface area contributed by atoms with Gasteiger partial charge in [0.15, 0.2) is 0 Å². The van der Waals surface area contributed by atoms with Crippen LogP contribution in [0.25, 0.3) is 0 Å². The fraction of sp³-hybridized carbons (Fsp3) is 0.953. The molecule has 542 valence electrons. The Morgan fingerprint density at radius 2 is 0.516 bits per heavy atom. The van der Waals surface area contributed by atoms with Crippen molar-refractivity contribution in [3.8, 4) is 0 Å². The van der Waals surface area contributed by atoms with Crippen molar-refractivity contribution in [2.75, 3.05) is 13.2 Å². The van der Waals surface area contributed by atoms with Crippen molar-refractivity contribution >= 4 is 11.9 Å². The molecular formula is C85H167NO5. The van der Waals surface area contributed by atoms with Gasteiger partial charge in [0.05, 0.1) is 25.4 Å². The first-order valence-electron chi connectivity index (χ1n) is 42.4. The number of aliphatic hydroxyl groups is 2. The molecular weight excluding hydrogens is 1110 g/mol. The molecule has 0 spiro atoms. The van der Waals surface area contributed by atoms with E-state index in [9.17, 15) is 19.8 Å². The number of carbonyl (C=O) groups is 2. The molecule has 91 heavy (non-hydrogen) atoms. The van der Waals surface area contributed by atoms with Gasteiger partial charge in [-0.2, -0.15) is 0 Å². The number of aliphatic hydroxyl groups excluding tert-OH is 2. The van der Waals surface area contributed by atoms with E-state index in [0.717, 1.165) is 38.5 Å². The van der Waals surface area contributed by atoms with Gasteiger partial charge in [-0.1, -0.05) is 443 Å². The number of hydrogen-bond donors (Lipinski definition) is 3. The summed E-state index contributed by atoms with van der Waals surface area (Å²) < 4.78 is 5.52. The highest BCUT2D eigenvalue weighted by molar-refractivity contribution is 5.76. The van der Waals surface area contributed by atoms with Crippen LogP contribution >= 0.6 is 0 Å². The number of rotatable bonds is 81. The molecule has 0 heterocycles. The van der Waals surface area contributed by atoms with Gasteiger partial charge in [-0.05, 0) is 51.4 Å². The maximum Gasteiger partial charge on any atom is 0.305 e. The van der Waals surface area contributed by atoms with E-state index in [4.69, 9.17) is 4.74 Å². The zero-order valence-electron chi connectivity index (χ0n) is 62.4. The molecule has 0 aliphatic heterocycles. The maximum atomic E-state index is 12.6. The zero-order valence-corrected chi connectivity index (χ0v) is 62.4. The standard InChI is InChI=1S/C85H167NO5/c1-3-5-7-9-11-13-15-17-19-21-23-39-42-45-49-53-57-61-65-69-73-77-83(88)82(81-87)86-84(89)78-74-70-66-62-58-54-50-46-43-40-37-35-33-31-29-27-25-24-26-28-30-32-34-36-38-41-44-48-52-56-60-64-68-72-76-80-91-85(90)79-75-71-67-63-59-55-51-47-22-20-18-16-14-12-10-8-6-4-2/h26,28,82-83,87-88H,3-25,27,29-81H2,1-2H3,(H,86,89)/b28-26-. The summed E-state index contributed by atoms with van der Waals surface area (Å²) in [5.41, 5.74) is 0. The Hall–Kier alpha value is -1.40. The van der Waals surface area contributed by atoms with Crippen LogP contribution in [0.15, 0.2) is 12.2 Å². The second-order valence-corrected chi connectivity index (χ2v) is 29.5. The molecule has 0 saturated heterocycles. The molecule has 0 bridgehead atoms. The van der Waals surface area contributed by atoms with E-state index in [0.29, 0.717) is 25.9 Å². The molecule has 0 saturated carbocycles. The summed E-state index contributed by atoms with van der Waals surface area (Å²) in [6, 6.07) is -0.539. The molecule has 2 atom stereocenters. The summed E-state index contributed by atoms with van der Waals surface area (Å²) in [5, 5.41) is 23.5. The average Bonchev–Trinajstić information content (AvgIpc) is 3.59. The number of amides is 1. The van der Waals surface area contributed by atoms with Gasteiger partial charge in [-0.15, -0.1) is 0 Å². The lowest BCUT2D eigenvalue weighted by Gasteiger charge is -2.22. The van der Waals surface area contributed by atoms with Crippen LogP contribution in [0.2, 0.25) is 0 Å². The van der Waals surface area contributed by atoms with Crippen molar-refractivity contribution in [3.63, 3.8) is 0 Å². The summed E-state index contributed by atoms with van der Waals surface area (Å²) >= 11 is 0. The van der Waals surface area contributed by atoms with Crippen LogP contribution in [0.5, 0.6) is 0 Å². The van der Waals surface area contributed by atoms with Crippen molar-refractivity contribution in [1.82, 2.24) is 5.32 Å². The van der Waals surface area contributed by atoms with Gasteiger partial charge < -0.3 is 20.3 Å². The monoisotopic (exact) mass is 1280 g/mol. The third kappa shape index (κ3) is 77.5. The van der Waals surface area contributed by atoms with Crippen molar-refractivity contribution in [1.29, 1.82) is 0 Å². The summed E-state index contributed by atoms with van der Waals surface area (Å²) in [4.78, 5) is 24.7. The molecule has 2 unspecified atom stereocenters. The topological polar surface area (TPSA) is 95.9 Å². The van der Waals surface area contributed by atoms with E-state index >= 15 is 0 Å². The van der Waals surface area contributed by atoms with Crippen molar-refractivity contribution in [3.05, 3.63) is 12.2 Å². The molecule has 0 radical (unpaired) electrons. The lowest BCUT2D eigenvalue weighted by Crippen LogP contribution is -2.45. The highest BCUT2D eigenvalue weighted by Crippen LogP contribution is 2.21. The summed E-state index contributed by atoms with van der Waals surface area (Å²) in [6.45, 7) is 5.02. The smallest absolute Gasteiger partial charge is 0.305 e. The van der Waals surface area contributed by atoms with E-state index in [-0.39, 0.29) is 18.5 Å². The molecule has 3 N–H and O–H groups in total. The second-order valence-electron chi connectivity index (χ2n) is 29.5. The lowest BCUT2D eigenvalue weighted by atomic mass is 10.0. The molecule has 0 aromatic rings. The number of unbranched alkanes of at least 4 members (excludes halogenated alkanes) is 68. The molecule has 0 aromatic heterocycles. The second kappa shape index (κ2) is 81.0. The third-order valence-electron chi connectivity index (χ3n) is 20.3. The number of nitrogens with one attached hydrogen (secondary N) is 1. The maximum absolute atomic E-state index is 12.6. The minimum atomic E-state index is -0.662. The average molecular weight is 1280 g/mol. The van der Waals surface area contributed by atoms with Crippen LogP contribution in [0.4, 0.5) is 0 Å². The number of ether oxygens (including phenoxy) is 1. The van der Waals surface area contributed by atoms with Gasteiger partial charge in [-0.25, -0.2) is 0 Å². The Labute approximate surface area is 571 Å². The molecule has 0 fully saturated rings. The fourth-order valence-corrected chi connectivity index (χ4v) is 13.9. The molecule has 1 amide bonds. The minimum Gasteiger partial charge on any atom is -0.466 e. The van der Waals surface area contributed by atoms with Gasteiger partial charge in [0.1, 0.15) is 0 Å². The van der Waals surface area contributed by atoms with E-state index in [2.05, 4.69) is 31.3 Å². The van der Waals surface area contributed by atoms with E-state index in [1.165, 1.54) is 424 Å². The number of esters is 1. The first kappa shape index (κ1) is 89.6. The predicted molar refractivity (Wildman–Crippen MR) is 403 cm³/mol. The van der Waals surface area contributed by atoms with E-state index < -0.39 is 12.1 Å². The predicted octanol–water partition coefficient (Wildman–Crippen LogP) is 28.2. The molecule has 6 heteroatoms. The zero-order chi connectivity index (χ0) is 65.6. The van der Waals surface area contributed by atoms with Crippen LogP contribution in [-0.4, -0.2) is 47.4 Å². The van der Waals surface area contributed by atoms with Crippen LogP contribution in [-0.2, 0) is 14.3 Å². The van der Waals surface area contributed by atoms with Crippen LogP contribution < -0.4 is 5.32 Å². The molecule has 0 aliphatic carbocycles. The highest BCUT2D eigenvalue weighted by atomic mass is 16.5. The molecule has 0 aromatic carbocycles. The van der Waals surface area contributed by atoms with E-state index in [1.54, 1.807) is 0 Å². The lowest BCUT2D eigenvalue weighted by molar-refractivity contribution is -0.143. The molecule has 0 rings (SSSR count). The van der Waals surface area contributed by atoms with Crippen molar-refractivity contribution < 1.29 is 24.5 Å². The third-order valence-corrected chi connectivity index (χ3v) is 20.3.